The molecule has 9 aromatic rings. The molecule has 220 valence electrons. The number of hydrogen-bond acceptors (Lipinski definition) is 5. The Kier molecular flexibility index (Phi) is 6.61. The highest BCUT2D eigenvalue weighted by Gasteiger charge is 2.19. The van der Waals surface area contributed by atoms with Crippen molar-refractivity contribution in [3.8, 4) is 56.4 Å². The number of nitrogens with zero attached hydrogens (tertiary/aromatic N) is 4. The molecular formula is C42H26N4S. The predicted octanol–water partition coefficient (Wildman–Crippen LogP) is 11.1. The van der Waals surface area contributed by atoms with Gasteiger partial charge in [-0.15, -0.1) is 11.3 Å². The average Bonchev–Trinajstić information content (AvgIpc) is 3.54. The van der Waals surface area contributed by atoms with Gasteiger partial charge in [0, 0.05) is 38.4 Å². The van der Waals surface area contributed by atoms with Crippen molar-refractivity contribution in [2.45, 2.75) is 0 Å². The molecule has 0 saturated carbocycles. The van der Waals surface area contributed by atoms with E-state index in [0.717, 1.165) is 44.5 Å². The number of fused-ring (bicyclic) bond motifs is 5. The standard InChI is InChI=1S/C42H26N4S/c1-3-12-27(13-4-1)30-17-9-18-31(26-30)41-44-40(29-14-5-2-6-15-29)45-42(46-41)34-20-8-7-19-32(34)33-21-10-16-28-23-24-35-38-36(22-11-25-43-38)47-39(35)37(28)33/h1-26H. The van der Waals surface area contributed by atoms with Crippen molar-refractivity contribution in [2.75, 3.05) is 0 Å². The number of aromatic nitrogens is 4. The first kappa shape index (κ1) is 27.3. The Morgan fingerprint density at radius 2 is 1.06 bits per heavy atom. The fourth-order valence-corrected chi connectivity index (χ4v) is 7.60. The summed E-state index contributed by atoms with van der Waals surface area (Å²) in [5, 5.41) is 3.58. The minimum Gasteiger partial charge on any atom is -0.255 e. The van der Waals surface area contributed by atoms with Crippen LogP contribution >= 0.6 is 11.3 Å². The summed E-state index contributed by atoms with van der Waals surface area (Å²) in [6.07, 6.45) is 1.87. The largest absolute Gasteiger partial charge is 0.255 e. The monoisotopic (exact) mass is 618 g/mol. The molecule has 0 atom stereocenters. The zero-order valence-corrected chi connectivity index (χ0v) is 26.0. The van der Waals surface area contributed by atoms with Gasteiger partial charge in [-0.2, -0.15) is 0 Å². The fraction of sp³-hybridized carbons (Fsp3) is 0. The molecule has 0 aliphatic heterocycles. The third-order valence-corrected chi connectivity index (χ3v) is 9.77. The maximum absolute atomic E-state index is 5.17. The smallest absolute Gasteiger partial charge is 0.164 e. The predicted molar refractivity (Wildman–Crippen MR) is 195 cm³/mol. The lowest BCUT2D eigenvalue weighted by molar-refractivity contribution is 1.07. The van der Waals surface area contributed by atoms with Gasteiger partial charge in [0.15, 0.2) is 17.5 Å². The van der Waals surface area contributed by atoms with Gasteiger partial charge in [0.1, 0.15) is 0 Å². The number of thiophene rings is 1. The van der Waals surface area contributed by atoms with E-state index in [1.54, 1.807) is 11.3 Å². The van der Waals surface area contributed by atoms with Gasteiger partial charge in [0.05, 0.1) is 10.2 Å². The highest BCUT2D eigenvalue weighted by Crippen LogP contribution is 2.43. The second kappa shape index (κ2) is 11.4. The maximum atomic E-state index is 5.17. The molecule has 47 heavy (non-hydrogen) atoms. The SMILES string of the molecule is c1ccc(-c2cccc(-c3nc(-c4ccccc4)nc(-c4ccccc4-c4cccc5ccc6c7ncccc7sc6c45)n3)c2)cc1. The number of hydrogen-bond donors (Lipinski definition) is 0. The van der Waals surface area contributed by atoms with E-state index in [1.807, 2.05) is 48.7 Å². The number of benzene rings is 6. The molecule has 0 saturated heterocycles. The second-order valence-electron chi connectivity index (χ2n) is 11.5. The fourth-order valence-electron chi connectivity index (χ4n) is 6.37. The molecule has 0 aliphatic rings. The van der Waals surface area contributed by atoms with Gasteiger partial charge in [0.25, 0.3) is 0 Å². The Hall–Kier alpha value is -6.04. The summed E-state index contributed by atoms with van der Waals surface area (Å²) in [6, 6.07) is 52.5. The van der Waals surface area contributed by atoms with Crippen LogP contribution in [0.4, 0.5) is 0 Å². The Morgan fingerprint density at radius 1 is 0.426 bits per heavy atom. The van der Waals surface area contributed by atoms with Crippen LogP contribution in [0.5, 0.6) is 0 Å². The van der Waals surface area contributed by atoms with Gasteiger partial charge in [-0.25, -0.2) is 15.0 Å². The molecule has 3 aromatic heterocycles. The summed E-state index contributed by atoms with van der Waals surface area (Å²) in [6.45, 7) is 0. The van der Waals surface area contributed by atoms with Crippen LogP contribution in [0.1, 0.15) is 0 Å². The summed E-state index contributed by atoms with van der Waals surface area (Å²) in [5.41, 5.74) is 8.37. The van der Waals surface area contributed by atoms with Crippen molar-refractivity contribution in [3.63, 3.8) is 0 Å². The van der Waals surface area contributed by atoms with Crippen molar-refractivity contribution in [1.29, 1.82) is 0 Å². The molecular weight excluding hydrogens is 593 g/mol. The van der Waals surface area contributed by atoms with E-state index < -0.39 is 0 Å². The summed E-state index contributed by atoms with van der Waals surface area (Å²) >= 11 is 1.80. The van der Waals surface area contributed by atoms with E-state index in [0.29, 0.717) is 17.5 Å². The van der Waals surface area contributed by atoms with Crippen molar-refractivity contribution in [2.24, 2.45) is 0 Å². The van der Waals surface area contributed by atoms with Crippen molar-refractivity contribution in [1.82, 2.24) is 19.9 Å². The van der Waals surface area contributed by atoms with Crippen LogP contribution < -0.4 is 0 Å². The second-order valence-corrected chi connectivity index (χ2v) is 12.5. The third kappa shape index (κ3) is 4.85. The molecule has 0 aliphatic carbocycles. The highest BCUT2D eigenvalue weighted by molar-refractivity contribution is 7.26. The average molecular weight is 619 g/mol. The quantitative estimate of drug-likeness (QED) is 0.193. The molecule has 0 fully saturated rings. The van der Waals surface area contributed by atoms with Gasteiger partial charge in [-0.3, -0.25) is 4.98 Å². The molecule has 0 N–H and O–H groups in total. The lowest BCUT2D eigenvalue weighted by Gasteiger charge is -2.14. The van der Waals surface area contributed by atoms with Crippen LogP contribution in [0.2, 0.25) is 0 Å². The first-order valence-corrected chi connectivity index (χ1v) is 16.4. The Labute approximate surface area is 275 Å². The molecule has 0 bridgehead atoms. The molecule has 3 heterocycles. The molecule has 5 heteroatoms. The summed E-state index contributed by atoms with van der Waals surface area (Å²) in [7, 11) is 0. The van der Waals surface area contributed by atoms with Crippen LogP contribution in [-0.4, -0.2) is 19.9 Å². The summed E-state index contributed by atoms with van der Waals surface area (Å²) < 4.78 is 2.42. The zero-order chi connectivity index (χ0) is 31.2. The normalized spacial score (nSPS) is 11.4. The zero-order valence-electron chi connectivity index (χ0n) is 25.2. The molecule has 0 spiro atoms. The Bertz CT molecular complexity index is 2580. The van der Waals surface area contributed by atoms with Crippen LogP contribution in [0.15, 0.2) is 158 Å². The van der Waals surface area contributed by atoms with E-state index in [-0.39, 0.29) is 0 Å². The van der Waals surface area contributed by atoms with E-state index >= 15 is 0 Å². The molecule has 6 aromatic carbocycles. The van der Waals surface area contributed by atoms with Crippen LogP contribution in [0.25, 0.3) is 87.5 Å². The lowest BCUT2D eigenvalue weighted by Crippen LogP contribution is -2.01. The first-order chi connectivity index (χ1) is 23.3. The molecule has 9 rings (SSSR count). The maximum Gasteiger partial charge on any atom is 0.164 e. The Morgan fingerprint density at radius 3 is 1.89 bits per heavy atom. The van der Waals surface area contributed by atoms with E-state index in [4.69, 9.17) is 19.9 Å². The minimum absolute atomic E-state index is 0.636. The van der Waals surface area contributed by atoms with Crippen molar-refractivity contribution >= 4 is 42.4 Å². The van der Waals surface area contributed by atoms with Crippen molar-refractivity contribution < 1.29 is 0 Å². The van der Waals surface area contributed by atoms with Crippen LogP contribution in [-0.2, 0) is 0 Å². The molecule has 4 nitrogen and oxygen atoms in total. The summed E-state index contributed by atoms with van der Waals surface area (Å²) in [5.74, 6) is 1.91. The van der Waals surface area contributed by atoms with Crippen LogP contribution in [0, 0.1) is 0 Å². The van der Waals surface area contributed by atoms with Crippen molar-refractivity contribution in [3.05, 3.63) is 158 Å². The first-order valence-electron chi connectivity index (χ1n) is 15.6. The lowest BCUT2D eigenvalue weighted by atomic mass is 9.93. The van der Waals surface area contributed by atoms with Gasteiger partial charge in [-0.1, -0.05) is 133 Å². The highest BCUT2D eigenvalue weighted by atomic mass is 32.1. The third-order valence-electron chi connectivity index (χ3n) is 8.59. The van der Waals surface area contributed by atoms with E-state index in [9.17, 15) is 0 Å². The Balaban J connectivity index is 1.28. The molecule has 0 radical (unpaired) electrons. The number of pyridine rings is 1. The van der Waals surface area contributed by atoms with Gasteiger partial charge < -0.3 is 0 Å². The van der Waals surface area contributed by atoms with E-state index in [2.05, 4.69) is 109 Å². The molecule has 0 amide bonds. The van der Waals surface area contributed by atoms with E-state index in [1.165, 1.54) is 25.6 Å². The topological polar surface area (TPSA) is 51.6 Å². The minimum atomic E-state index is 0.636. The summed E-state index contributed by atoms with van der Waals surface area (Å²) in [4.78, 5) is 20.0. The number of rotatable bonds is 5. The van der Waals surface area contributed by atoms with Gasteiger partial charge in [-0.05, 0) is 45.8 Å². The van der Waals surface area contributed by atoms with Gasteiger partial charge in [0.2, 0.25) is 0 Å². The van der Waals surface area contributed by atoms with Gasteiger partial charge >= 0.3 is 0 Å². The van der Waals surface area contributed by atoms with Crippen LogP contribution in [0.3, 0.4) is 0 Å². The molecule has 0 unspecified atom stereocenters.